The van der Waals surface area contributed by atoms with Gasteiger partial charge < -0.3 is 10.3 Å². The zero-order valence-corrected chi connectivity index (χ0v) is 11.6. The van der Waals surface area contributed by atoms with Crippen LogP contribution in [0.1, 0.15) is 42.1 Å². The molecule has 4 heteroatoms. The highest BCUT2D eigenvalue weighted by atomic mass is 16.5. The van der Waals surface area contributed by atoms with Gasteiger partial charge in [0.1, 0.15) is 0 Å². The van der Waals surface area contributed by atoms with Crippen LogP contribution in [0.25, 0.3) is 5.57 Å². The smallest absolute Gasteiger partial charge is 0.171 e. The first kappa shape index (κ1) is 12.4. The molecule has 0 bridgehead atoms. The molecule has 0 aliphatic heterocycles. The predicted octanol–water partition coefficient (Wildman–Crippen LogP) is 3.10. The number of hydrogen-bond donors (Lipinski definition) is 1. The molecule has 106 valence electrons. The zero-order chi connectivity index (χ0) is 14.4. The summed E-state index contributed by atoms with van der Waals surface area (Å²) in [4.78, 5) is 12.4. The van der Waals surface area contributed by atoms with Crippen molar-refractivity contribution in [3.63, 3.8) is 0 Å². The third kappa shape index (κ3) is 1.82. The molecule has 1 aromatic heterocycles. The van der Waals surface area contributed by atoms with Crippen molar-refractivity contribution in [1.82, 2.24) is 5.16 Å². The molecule has 4 nitrogen and oxygen atoms in total. The first-order valence-corrected chi connectivity index (χ1v) is 7.31. The highest BCUT2D eigenvalue weighted by molar-refractivity contribution is 6.08. The third-order valence-electron chi connectivity index (χ3n) is 4.47. The molecular formula is C17H16N2O2. The Balaban J connectivity index is 1.82. The van der Waals surface area contributed by atoms with Crippen molar-refractivity contribution in [1.29, 1.82) is 0 Å². The van der Waals surface area contributed by atoms with Gasteiger partial charge in [-0.3, -0.25) is 4.79 Å². The SMILES string of the molecule is Nc1noc2c1[C@@H](Cc1ccccc1)C1=C2CCCC1=O. The number of rotatable bonds is 2. The van der Waals surface area contributed by atoms with E-state index in [2.05, 4.69) is 17.3 Å². The Morgan fingerprint density at radius 2 is 2.05 bits per heavy atom. The van der Waals surface area contributed by atoms with Crippen LogP contribution >= 0.6 is 0 Å². The van der Waals surface area contributed by atoms with E-state index in [0.29, 0.717) is 12.2 Å². The number of carbonyl (C=O) groups excluding carboxylic acids is 1. The normalized spacial score (nSPS) is 20.6. The van der Waals surface area contributed by atoms with E-state index in [1.165, 1.54) is 5.56 Å². The lowest BCUT2D eigenvalue weighted by Crippen LogP contribution is -2.15. The Bertz CT molecular complexity index is 743. The molecular weight excluding hydrogens is 264 g/mol. The summed E-state index contributed by atoms with van der Waals surface area (Å²) in [5, 5.41) is 3.90. The summed E-state index contributed by atoms with van der Waals surface area (Å²) < 4.78 is 5.41. The van der Waals surface area contributed by atoms with Crippen LogP contribution in [0.4, 0.5) is 5.82 Å². The molecule has 1 heterocycles. The van der Waals surface area contributed by atoms with Crippen molar-refractivity contribution >= 4 is 17.2 Å². The predicted molar refractivity (Wildman–Crippen MR) is 79.6 cm³/mol. The Morgan fingerprint density at radius 3 is 2.86 bits per heavy atom. The number of nitrogen functional groups attached to an aromatic ring is 1. The molecule has 21 heavy (non-hydrogen) atoms. The van der Waals surface area contributed by atoms with Gasteiger partial charge in [0.05, 0.1) is 5.56 Å². The number of fused-ring (bicyclic) bond motifs is 2. The molecule has 0 saturated heterocycles. The maximum Gasteiger partial charge on any atom is 0.171 e. The Hall–Kier alpha value is -2.36. The quantitative estimate of drug-likeness (QED) is 0.917. The Morgan fingerprint density at radius 1 is 1.24 bits per heavy atom. The van der Waals surface area contributed by atoms with Crippen molar-refractivity contribution in [2.45, 2.75) is 31.6 Å². The molecule has 2 aromatic rings. The molecule has 0 fully saturated rings. The minimum absolute atomic E-state index is 0.00329. The van der Waals surface area contributed by atoms with Gasteiger partial charge in [0.15, 0.2) is 17.4 Å². The maximum absolute atomic E-state index is 12.4. The van der Waals surface area contributed by atoms with Gasteiger partial charge in [-0.2, -0.15) is 0 Å². The highest BCUT2D eigenvalue weighted by Crippen LogP contribution is 2.50. The fraction of sp³-hybridized carbons (Fsp3) is 0.294. The number of aromatic nitrogens is 1. The highest BCUT2D eigenvalue weighted by Gasteiger charge is 2.41. The number of carbonyl (C=O) groups is 1. The van der Waals surface area contributed by atoms with Crippen molar-refractivity contribution in [3.05, 3.63) is 52.8 Å². The summed E-state index contributed by atoms with van der Waals surface area (Å²) in [5.41, 5.74) is 10.0. The largest absolute Gasteiger partial charge is 0.381 e. The fourth-order valence-corrected chi connectivity index (χ4v) is 3.57. The topological polar surface area (TPSA) is 69.1 Å². The van der Waals surface area contributed by atoms with Crippen LogP contribution in [-0.4, -0.2) is 10.9 Å². The molecule has 2 aliphatic rings. The average molecular weight is 280 g/mol. The van der Waals surface area contributed by atoms with Crippen molar-refractivity contribution in [3.8, 4) is 0 Å². The van der Waals surface area contributed by atoms with Gasteiger partial charge in [-0.25, -0.2) is 0 Å². The summed E-state index contributed by atoms with van der Waals surface area (Å²) in [5.74, 6) is 1.41. The summed E-state index contributed by atoms with van der Waals surface area (Å²) >= 11 is 0. The summed E-state index contributed by atoms with van der Waals surface area (Å²) in [6.45, 7) is 0. The van der Waals surface area contributed by atoms with E-state index in [-0.39, 0.29) is 11.7 Å². The molecule has 0 amide bonds. The molecule has 2 aliphatic carbocycles. The van der Waals surface area contributed by atoms with Gasteiger partial charge in [-0.1, -0.05) is 35.5 Å². The molecule has 0 radical (unpaired) electrons. The molecule has 1 aromatic carbocycles. The number of Topliss-reactive ketones (excluding diaryl/α,β-unsaturated/α-hetero) is 1. The number of nitrogens with two attached hydrogens (primary N) is 1. The monoisotopic (exact) mass is 280 g/mol. The number of nitrogens with zero attached hydrogens (tertiary/aromatic N) is 1. The van der Waals surface area contributed by atoms with Crippen LogP contribution in [0.2, 0.25) is 0 Å². The van der Waals surface area contributed by atoms with Crippen molar-refractivity contribution < 1.29 is 9.32 Å². The van der Waals surface area contributed by atoms with E-state index >= 15 is 0 Å². The fourth-order valence-electron chi connectivity index (χ4n) is 3.57. The van der Waals surface area contributed by atoms with Crippen LogP contribution in [0.5, 0.6) is 0 Å². The van der Waals surface area contributed by atoms with Crippen LogP contribution in [0.15, 0.2) is 40.4 Å². The van der Waals surface area contributed by atoms with Crippen LogP contribution < -0.4 is 5.73 Å². The molecule has 0 unspecified atom stereocenters. The number of hydrogen-bond acceptors (Lipinski definition) is 4. The van der Waals surface area contributed by atoms with E-state index in [4.69, 9.17) is 10.3 Å². The number of ketones is 1. The third-order valence-corrected chi connectivity index (χ3v) is 4.47. The van der Waals surface area contributed by atoms with E-state index in [1.54, 1.807) is 0 Å². The maximum atomic E-state index is 12.4. The standard InChI is InChI=1S/C17H16N2O2/c18-17-15-12(9-10-5-2-1-3-6-10)14-11(16(15)21-19-17)7-4-8-13(14)20/h1-3,5-6,12H,4,7-9H2,(H2,18,19)/t12-/m0/s1. The zero-order valence-electron chi connectivity index (χ0n) is 11.6. The molecule has 0 saturated carbocycles. The summed E-state index contributed by atoms with van der Waals surface area (Å²) in [7, 11) is 0. The van der Waals surface area contributed by atoms with E-state index in [9.17, 15) is 4.79 Å². The van der Waals surface area contributed by atoms with Gasteiger partial charge in [0, 0.05) is 23.5 Å². The van der Waals surface area contributed by atoms with E-state index < -0.39 is 0 Å². The molecule has 1 atom stereocenters. The van der Waals surface area contributed by atoms with Gasteiger partial charge in [0.2, 0.25) is 0 Å². The lowest BCUT2D eigenvalue weighted by atomic mass is 9.83. The summed E-state index contributed by atoms with van der Waals surface area (Å²) in [6.07, 6.45) is 3.16. The lowest BCUT2D eigenvalue weighted by molar-refractivity contribution is -0.116. The first-order chi connectivity index (χ1) is 10.3. The Kier molecular flexibility index (Phi) is 2.70. The van der Waals surface area contributed by atoms with Crippen molar-refractivity contribution in [2.24, 2.45) is 0 Å². The van der Waals surface area contributed by atoms with E-state index in [0.717, 1.165) is 41.7 Å². The summed E-state index contributed by atoms with van der Waals surface area (Å²) in [6, 6.07) is 10.2. The number of benzene rings is 1. The minimum atomic E-state index is -0.00329. The van der Waals surface area contributed by atoms with Crippen molar-refractivity contribution in [2.75, 3.05) is 5.73 Å². The second-order valence-corrected chi connectivity index (χ2v) is 5.72. The van der Waals surface area contributed by atoms with Gasteiger partial charge in [-0.15, -0.1) is 0 Å². The molecule has 4 rings (SSSR count). The van der Waals surface area contributed by atoms with Crippen LogP contribution in [-0.2, 0) is 11.2 Å². The second kappa shape index (κ2) is 4.58. The average Bonchev–Trinajstić information content (AvgIpc) is 3.01. The number of anilines is 1. The second-order valence-electron chi connectivity index (χ2n) is 5.72. The molecule has 0 spiro atoms. The first-order valence-electron chi connectivity index (χ1n) is 7.31. The van der Waals surface area contributed by atoms with Gasteiger partial charge in [0.25, 0.3) is 0 Å². The van der Waals surface area contributed by atoms with E-state index in [1.807, 2.05) is 18.2 Å². The lowest BCUT2D eigenvalue weighted by Gasteiger charge is -2.19. The van der Waals surface area contributed by atoms with Crippen LogP contribution in [0, 0.1) is 0 Å². The Labute approximate surface area is 122 Å². The van der Waals surface area contributed by atoms with Gasteiger partial charge >= 0.3 is 0 Å². The van der Waals surface area contributed by atoms with Crippen LogP contribution in [0.3, 0.4) is 0 Å². The van der Waals surface area contributed by atoms with Gasteiger partial charge in [-0.05, 0) is 24.8 Å². The number of allylic oxidation sites excluding steroid dienone is 2. The minimum Gasteiger partial charge on any atom is -0.381 e. The molecule has 2 N–H and O–H groups in total.